The van der Waals surface area contributed by atoms with E-state index in [1.165, 1.54) is 18.4 Å². The lowest BCUT2D eigenvalue weighted by atomic mass is 9.81. The number of carbonyl (C=O) groups excluding carboxylic acids is 1. The van der Waals surface area contributed by atoms with Crippen molar-refractivity contribution in [2.75, 3.05) is 19.8 Å². The first kappa shape index (κ1) is 18.4. The number of ether oxygens (including phenoxy) is 2. The standard InChI is InChI=1S/C19H27NO4S/c1-2-23-19-15(4-3-8-21)16(14-7-9-25-12-14)10-17(24-19)18(22)20-11-13-5-6-13/h7,9-10,12-13,15-16,19,21H,2-6,8,11H2,1H3,(H,20,22)/t15-,16-,19-/m1/s1. The molecule has 3 rings (SSSR count). The number of thiophene rings is 1. The van der Waals surface area contributed by atoms with Crippen LogP contribution in [0.15, 0.2) is 28.7 Å². The number of allylic oxidation sites excluding steroid dienone is 1. The summed E-state index contributed by atoms with van der Waals surface area (Å²) in [7, 11) is 0. The van der Waals surface area contributed by atoms with Crippen LogP contribution in [0.4, 0.5) is 0 Å². The molecule has 25 heavy (non-hydrogen) atoms. The predicted octanol–water partition coefficient (Wildman–Crippen LogP) is 3.02. The third kappa shape index (κ3) is 4.84. The van der Waals surface area contributed by atoms with Crippen molar-refractivity contribution < 1.29 is 19.4 Å². The van der Waals surface area contributed by atoms with Gasteiger partial charge in [0.15, 0.2) is 5.76 Å². The highest BCUT2D eigenvalue weighted by atomic mass is 32.1. The van der Waals surface area contributed by atoms with Gasteiger partial charge in [-0.05, 0) is 67.0 Å². The van der Waals surface area contributed by atoms with E-state index in [2.05, 4.69) is 16.8 Å². The van der Waals surface area contributed by atoms with Gasteiger partial charge >= 0.3 is 0 Å². The van der Waals surface area contributed by atoms with Gasteiger partial charge in [-0.25, -0.2) is 0 Å². The van der Waals surface area contributed by atoms with E-state index in [1.54, 1.807) is 11.3 Å². The summed E-state index contributed by atoms with van der Waals surface area (Å²) in [5, 5.41) is 16.4. The quantitative estimate of drug-likeness (QED) is 0.706. The molecular formula is C19H27NO4S. The van der Waals surface area contributed by atoms with Crippen LogP contribution >= 0.6 is 11.3 Å². The molecule has 2 aliphatic rings. The first-order valence-electron chi connectivity index (χ1n) is 9.14. The zero-order valence-electron chi connectivity index (χ0n) is 14.6. The number of rotatable bonds is 9. The SMILES string of the molecule is CCO[C@@H]1OC(C(=O)NCC2CC2)=C[C@H](c2ccsc2)[C@H]1CCCO. The van der Waals surface area contributed by atoms with Crippen LogP contribution in [0.3, 0.4) is 0 Å². The van der Waals surface area contributed by atoms with E-state index in [1.807, 2.05) is 18.4 Å². The summed E-state index contributed by atoms with van der Waals surface area (Å²) in [6.45, 7) is 3.31. The van der Waals surface area contributed by atoms with Crippen LogP contribution in [0.5, 0.6) is 0 Å². The van der Waals surface area contributed by atoms with E-state index in [0.29, 0.717) is 24.7 Å². The van der Waals surface area contributed by atoms with Crippen molar-refractivity contribution in [1.82, 2.24) is 5.32 Å². The van der Waals surface area contributed by atoms with E-state index >= 15 is 0 Å². The first-order valence-corrected chi connectivity index (χ1v) is 10.1. The summed E-state index contributed by atoms with van der Waals surface area (Å²) in [5.41, 5.74) is 1.17. The third-order valence-corrected chi connectivity index (χ3v) is 5.51. The van der Waals surface area contributed by atoms with Crippen LogP contribution in [-0.2, 0) is 14.3 Å². The summed E-state index contributed by atoms with van der Waals surface area (Å²) < 4.78 is 11.7. The molecule has 138 valence electrons. The average Bonchev–Trinajstić information content (AvgIpc) is 3.29. The molecule has 5 nitrogen and oxygen atoms in total. The largest absolute Gasteiger partial charge is 0.459 e. The fraction of sp³-hybridized carbons (Fsp3) is 0.632. The Morgan fingerprint density at radius 2 is 2.32 bits per heavy atom. The normalized spacial score (nSPS) is 26.0. The van der Waals surface area contributed by atoms with Gasteiger partial charge in [-0.2, -0.15) is 11.3 Å². The maximum absolute atomic E-state index is 12.5. The molecule has 0 aromatic carbocycles. The van der Waals surface area contributed by atoms with Crippen LogP contribution < -0.4 is 5.32 Å². The van der Waals surface area contributed by atoms with Gasteiger partial charge in [0.05, 0.1) is 0 Å². The monoisotopic (exact) mass is 365 g/mol. The maximum atomic E-state index is 12.5. The molecule has 0 bridgehead atoms. The zero-order valence-corrected chi connectivity index (χ0v) is 15.5. The molecular weight excluding hydrogens is 338 g/mol. The number of amides is 1. The Labute approximate surface area is 153 Å². The molecule has 1 aromatic heterocycles. The molecule has 2 heterocycles. The summed E-state index contributed by atoms with van der Waals surface area (Å²) in [5.74, 6) is 0.972. The molecule has 1 aliphatic heterocycles. The van der Waals surface area contributed by atoms with E-state index in [-0.39, 0.29) is 24.3 Å². The molecule has 2 N–H and O–H groups in total. The predicted molar refractivity (Wildman–Crippen MR) is 97.2 cm³/mol. The minimum Gasteiger partial charge on any atom is -0.459 e. The van der Waals surface area contributed by atoms with Gasteiger partial charge in [0.1, 0.15) is 0 Å². The number of hydrogen-bond acceptors (Lipinski definition) is 5. The summed E-state index contributed by atoms with van der Waals surface area (Å²) in [6.07, 6.45) is 5.34. The molecule has 0 radical (unpaired) electrons. The van der Waals surface area contributed by atoms with E-state index in [4.69, 9.17) is 9.47 Å². The lowest BCUT2D eigenvalue weighted by molar-refractivity contribution is -0.166. The Morgan fingerprint density at radius 1 is 1.48 bits per heavy atom. The van der Waals surface area contributed by atoms with Crippen LogP contribution in [0, 0.1) is 11.8 Å². The molecule has 1 aliphatic carbocycles. The van der Waals surface area contributed by atoms with Crippen molar-refractivity contribution in [2.24, 2.45) is 11.8 Å². The van der Waals surface area contributed by atoms with Crippen molar-refractivity contribution >= 4 is 17.2 Å². The van der Waals surface area contributed by atoms with Gasteiger partial charge in [0, 0.05) is 31.6 Å². The molecule has 6 heteroatoms. The van der Waals surface area contributed by atoms with Gasteiger partial charge in [0.25, 0.3) is 5.91 Å². The second-order valence-electron chi connectivity index (χ2n) is 6.74. The molecule has 0 unspecified atom stereocenters. The van der Waals surface area contributed by atoms with Crippen molar-refractivity contribution in [3.8, 4) is 0 Å². The average molecular weight is 365 g/mol. The molecule has 0 spiro atoms. The van der Waals surface area contributed by atoms with Crippen molar-refractivity contribution in [3.63, 3.8) is 0 Å². The van der Waals surface area contributed by atoms with Gasteiger partial charge < -0.3 is 19.9 Å². The first-order chi connectivity index (χ1) is 12.2. The maximum Gasteiger partial charge on any atom is 0.286 e. The number of nitrogens with one attached hydrogen (secondary N) is 1. The summed E-state index contributed by atoms with van der Waals surface area (Å²) in [4.78, 5) is 12.5. The van der Waals surface area contributed by atoms with Crippen LogP contribution in [0.2, 0.25) is 0 Å². The molecule has 0 saturated heterocycles. The van der Waals surface area contributed by atoms with Crippen LogP contribution in [0.25, 0.3) is 0 Å². The fourth-order valence-corrected chi connectivity index (χ4v) is 3.96. The molecule has 1 aromatic rings. The van der Waals surface area contributed by atoms with Crippen molar-refractivity contribution in [3.05, 3.63) is 34.2 Å². The highest BCUT2D eigenvalue weighted by Gasteiger charge is 2.38. The smallest absolute Gasteiger partial charge is 0.286 e. The Kier molecular flexibility index (Phi) is 6.51. The second-order valence-corrected chi connectivity index (χ2v) is 7.52. The van der Waals surface area contributed by atoms with Crippen LogP contribution in [0.1, 0.15) is 44.1 Å². The number of aliphatic hydroxyl groups excluding tert-OH is 1. The van der Waals surface area contributed by atoms with Gasteiger partial charge in [-0.3, -0.25) is 4.79 Å². The van der Waals surface area contributed by atoms with E-state index < -0.39 is 6.29 Å². The highest BCUT2D eigenvalue weighted by Crippen LogP contribution is 2.40. The molecule has 1 saturated carbocycles. The Morgan fingerprint density at radius 3 is 2.96 bits per heavy atom. The lowest BCUT2D eigenvalue weighted by Crippen LogP contribution is -2.39. The molecule has 1 fully saturated rings. The van der Waals surface area contributed by atoms with Crippen LogP contribution in [-0.4, -0.2) is 37.1 Å². The zero-order chi connectivity index (χ0) is 17.6. The highest BCUT2D eigenvalue weighted by molar-refractivity contribution is 7.08. The minimum absolute atomic E-state index is 0.0600. The third-order valence-electron chi connectivity index (χ3n) is 4.81. The van der Waals surface area contributed by atoms with Crippen molar-refractivity contribution in [1.29, 1.82) is 0 Å². The molecule has 3 atom stereocenters. The van der Waals surface area contributed by atoms with E-state index in [0.717, 1.165) is 13.0 Å². The summed E-state index contributed by atoms with van der Waals surface area (Å²) in [6, 6.07) is 2.09. The van der Waals surface area contributed by atoms with Crippen molar-refractivity contribution in [2.45, 2.75) is 44.8 Å². The Bertz CT molecular complexity index is 582. The number of hydrogen-bond donors (Lipinski definition) is 2. The minimum atomic E-state index is -0.465. The molecule has 1 amide bonds. The fourth-order valence-electron chi connectivity index (χ4n) is 3.26. The van der Waals surface area contributed by atoms with E-state index in [9.17, 15) is 9.90 Å². The second kappa shape index (κ2) is 8.83. The summed E-state index contributed by atoms with van der Waals surface area (Å²) >= 11 is 1.64. The van der Waals surface area contributed by atoms with Gasteiger partial charge in [0.2, 0.25) is 6.29 Å². The van der Waals surface area contributed by atoms with Gasteiger partial charge in [-0.1, -0.05) is 0 Å². The Balaban J connectivity index is 1.80. The Hall–Kier alpha value is -1.37. The topological polar surface area (TPSA) is 67.8 Å². The number of aliphatic hydroxyl groups is 1. The number of carbonyl (C=O) groups is 1. The lowest BCUT2D eigenvalue weighted by Gasteiger charge is -2.36. The van der Waals surface area contributed by atoms with Gasteiger partial charge in [-0.15, -0.1) is 0 Å².